The Labute approximate surface area is 151 Å². The first-order chi connectivity index (χ1) is 12.1. The Morgan fingerprint density at radius 3 is 2.28 bits per heavy atom. The standard InChI is InChI=1S/C20H20O4S/c1-3-23-19(21)18(20(22)24-4-2)14-9-10-17-15(12-14)11-13-7-5-6-8-16(13)25-17/h5-10,12,18H,3-4,11H2,1-2H3. The van der Waals surface area contributed by atoms with Crippen LogP contribution in [0.5, 0.6) is 0 Å². The van der Waals surface area contributed by atoms with Crippen molar-refractivity contribution in [2.45, 2.75) is 36.0 Å². The fourth-order valence-corrected chi connectivity index (χ4v) is 3.96. The van der Waals surface area contributed by atoms with Crippen molar-refractivity contribution < 1.29 is 19.1 Å². The molecule has 0 spiro atoms. The summed E-state index contributed by atoms with van der Waals surface area (Å²) in [6.45, 7) is 3.90. The minimum absolute atomic E-state index is 0.225. The molecule has 0 fully saturated rings. The molecule has 3 rings (SSSR count). The summed E-state index contributed by atoms with van der Waals surface area (Å²) in [5, 5.41) is 0. The van der Waals surface area contributed by atoms with Crippen LogP contribution in [0.25, 0.3) is 0 Å². The van der Waals surface area contributed by atoms with Crippen molar-refractivity contribution in [1.82, 2.24) is 0 Å². The molecule has 4 nitrogen and oxygen atoms in total. The largest absolute Gasteiger partial charge is 0.465 e. The molecule has 1 heterocycles. The summed E-state index contributed by atoms with van der Waals surface area (Å²) in [5.41, 5.74) is 2.98. The van der Waals surface area contributed by atoms with Gasteiger partial charge in [0.25, 0.3) is 0 Å². The van der Waals surface area contributed by atoms with Crippen LogP contribution in [0.15, 0.2) is 52.3 Å². The molecule has 2 aromatic carbocycles. The molecule has 0 bridgehead atoms. The summed E-state index contributed by atoms with van der Waals surface area (Å²) < 4.78 is 10.2. The highest BCUT2D eigenvalue weighted by atomic mass is 32.2. The van der Waals surface area contributed by atoms with Gasteiger partial charge in [0.2, 0.25) is 0 Å². The fraction of sp³-hybridized carbons (Fsp3) is 0.300. The maximum Gasteiger partial charge on any atom is 0.324 e. The van der Waals surface area contributed by atoms with Crippen LogP contribution in [0, 0.1) is 0 Å². The predicted octanol–water partition coefficient (Wildman–Crippen LogP) is 3.95. The van der Waals surface area contributed by atoms with E-state index in [4.69, 9.17) is 9.47 Å². The van der Waals surface area contributed by atoms with E-state index in [1.807, 2.05) is 30.3 Å². The Bertz CT molecular complexity index is 782. The predicted molar refractivity (Wildman–Crippen MR) is 95.8 cm³/mol. The van der Waals surface area contributed by atoms with Gasteiger partial charge < -0.3 is 9.47 Å². The molecular formula is C20H20O4S. The van der Waals surface area contributed by atoms with Gasteiger partial charge in [-0.15, -0.1) is 0 Å². The van der Waals surface area contributed by atoms with Crippen molar-refractivity contribution in [3.63, 3.8) is 0 Å². The number of hydrogen-bond donors (Lipinski definition) is 0. The van der Waals surface area contributed by atoms with E-state index in [2.05, 4.69) is 12.1 Å². The molecule has 0 aromatic heterocycles. The second kappa shape index (κ2) is 7.74. The number of ether oxygens (including phenoxy) is 2. The van der Waals surface area contributed by atoms with Gasteiger partial charge in [-0.05, 0) is 49.1 Å². The molecule has 2 aromatic rings. The molecule has 1 aliphatic heterocycles. The number of hydrogen-bond acceptors (Lipinski definition) is 5. The summed E-state index contributed by atoms with van der Waals surface area (Å²) >= 11 is 1.71. The molecule has 0 aliphatic carbocycles. The maximum atomic E-state index is 12.3. The van der Waals surface area contributed by atoms with Crippen molar-refractivity contribution in [1.29, 1.82) is 0 Å². The molecule has 1 aliphatic rings. The maximum absolute atomic E-state index is 12.3. The van der Waals surface area contributed by atoms with Gasteiger partial charge >= 0.3 is 11.9 Å². The lowest BCUT2D eigenvalue weighted by Gasteiger charge is -2.21. The highest BCUT2D eigenvalue weighted by Crippen LogP contribution is 2.40. The Kier molecular flexibility index (Phi) is 5.43. The first kappa shape index (κ1) is 17.5. The van der Waals surface area contributed by atoms with E-state index >= 15 is 0 Å². The minimum atomic E-state index is -1.03. The number of carbonyl (C=O) groups excluding carboxylic acids is 2. The lowest BCUT2D eigenvalue weighted by molar-refractivity contribution is -0.156. The average molecular weight is 356 g/mol. The summed E-state index contributed by atoms with van der Waals surface area (Å²) in [6, 6.07) is 14.0. The molecule has 0 saturated heterocycles. The van der Waals surface area contributed by atoms with Crippen molar-refractivity contribution >= 4 is 23.7 Å². The lowest BCUT2D eigenvalue weighted by Crippen LogP contribution is -2.26. The zero-order chi connectivity index (χ0) is 17.8. The number of benzene rings is 2. The van der Waals surface area contributed by atoms with E-state index in [-0.39, 0.29) is 13.2 Å². The second-order valence-corrected chi connectivity index (χ2v) is 6.77. The molecule has 0 saturated carbocycles. The molecule has 130 valence electrons. The minimum Gasteiger partial charge on any atom is -0.465 e. The van der Waals surface area contributed by atoms with Gasteiger partial charge in [0.05, 0.1) is 13.2 Å². The van der Waals surface area contributed by atoms with E-state index in [1.54, 1.807) is 25.6 Å². The van der Waals surface area contributed by atoms with Crippen molar-refractivity contribution in [3.8, 4) is 0 Å². The van der Waals surface area contributed by atoms with E-state index in [9.17, 15) is 9.59 Å². The topological polar surface area (TPSA) is 52.6 Å². The van der Waals surface area contributed by atoms with Gasteiger partial charge in [0.1, 0.15) is 0 Å². The number of esters is 2. The van der Waals surface area contributed by atoms with Gasteiger partial charge in [0.15, 0.2) is 5.92 Å². The Hall–Kier alpha value is -2.27. The van der Waals surface area contributed by atoms with E-state index < -0.39 is 17.9 Å². The van der Waals surface area contributed by atoms with E-state index in [0.29, 0.717) is 5.56 Å². The summed E-state index contributed by atoms with van der Waals surface area (Å²) in [7, 11) is 0. The molecule has 0 N–H and O–H groups in total. The van der Waals surface area contributed by atoms with Crippen molar-refractivity contribution in [2.75, 3.05) is 13.2 Å². The Morgan fingerprint density at radius 2 is 1.60 bits per heavy atom. The fourth-order valence-electron chi connectivity index (χ4n) is 2.91. The van der Waals surface area contributed by atoms with Crippen LogP contribution in [0.1, 0.15) is 36.5 Å². The average Bonchev–Trinajstić information content (AvgIpc) is 2.60. The number of fused-ring (bicyclic) bond motifs is 2. The van der Waals surface area contributed by atoms with Crippen molar-refractivity contribution in [3.05, 3.63) is 59.2 Å². The van der Waals surface area contributed by atoms with Crippen LogP contribution >= 0.6 is 11.8 Å². The molecule has 25 heavy (non-hydrogen) atoms. The van der Waals surface area contributed by atoms with Crippen LogP contribution in [0.4, 0.5) is 0 Å². The Balaban J connectivity index is 1.94. The highest BCUT2D eigenvalue weighted by Gasteiger charge is 2.32. The van der Waals surface area contributed by atoms with E-state index in [0.717, 1.165) is 16.9 Å². The van der Waals surface area contributed by atoms with Crippen LogP contribution in [-0.2, 0) is 25.5 Å². The van der Waals surface area contributed by atoms with Gasteiger partial charge in [-0.25, -0.2) is 0 Å². The van der Waals surface area contributed by atoms with Crippen LogP contribution < -0.4 is 0 Å². The van der Waals surface area contributed by atoms with Crippen LogP contribution in [0.3, 0.4) is 0 Å². The third-order valence-corrected chi connectivity index (χ3v) is 5.27. The summed E-state index contributed by atoms with van der Waals surface area (Å²) in [6.07, 6.45) is 0.782. The first-order valence-corrected chi connectivity index (χ1v) is 9.17. The molecule has 0 radical (unpaired) electrons. The van der Waals surface area contributed by atoms with Crippen molar-refractivity contribution in [2.24, 2.45) is 0 Å². The van der Waals surface area contributed by atoms with E-state index in [1.165, 1.54) is 10.5 Å². The molecule has 0 amide bonds. The van der Waals surface area contributed by atoms with Gasteiger partial charge in [-0.3, -0.25) is 9.59 Å². The normalized spacial score (nSPS) is 12.3. The lowest BCUT2D eigenvalue weighted by atomic mass is 9.94. The third-order valence-electron chi connectivity index (χ3n) is 4.04. The second-order valence-electron chi connectivity index (χ2n) is 5.69. The van der Waals surface area contributed by atoms with Crippen LogP contribution in [-0.4, -0.2) is 25.2 Å². The summed E-state index contributed by atoms with van der Waals surface area (Å²) in [4.78, 5) is 27.0. The zero-order valence-electron chi connectivity index (χ0n) is 14.3. The third kappa shape index (κ3) is 3.71. The highest BCUT2D eigenvalue weighted by molar-refractivity contribution is 7.99. The number of rotatable bonds is 5. The molecular weight excluding hydrogens is 336 g/mol. The smallest absolute Gasteiger partial charge is 0.324 e. The van der Waals surface area contributed by atoms with Gasteiger partial charge in [0, 0.05) is 9.79 Å². The molecule has 0 atom stereocenters. The molecule has 0 unspecified atom stereocenters. The molecule has 5 heteroatoms. The quantitative estimate of drug-likeness (QED) is 0.512. The number of carbonyl (C=O) groups is 2. The van der Waals surface area contributed by atoms with Gasteiger partial charge in [-0.2, -0.15) is 0 Å². The SMILES string of the molecule is CCOC(=O)C(C(=O)OCC)c1ccc2c(c1)Cc1ccccc1S2. The van der Waals surface area contributed by atoms with Gasteiger partial charge in [-0.1, -0.05) is 42.1 Å². The monoisotopic (exact) mass is 356 g/mol. The summed E-state index contributed by atoms with van der Waals surface area (Å²) in [5.74, 6) is -2.16. The zero-order valence-corrected chi connectivity index (χ0v) is 15.1. The van der Waals surface area contributed by atoms with Crippen LogP contribution in [0.2, 0.25) is 0 Å². The first-order valence-electron chi connectivity index (χ1n) is 8.35. The Morgan fingerprint density at radius 1 is 0.960 bits per heavy atom.